The van der Waals surface area contributed by atoms with Crippen molar-refractivity contribution in [2.45, 2.75) is 19.9 Å². The summed E-state index contributed by atoms with van der Waals surface area (Å²) in [5.74, 6) is -1.27. The third-order valence-corrected chi connectivity index (χ3v) is 4.00. The van der Waals surface area contributed by atoms with E-state index in [2.05, 4.69) is 6.92 Å². The number of para-hydroxylation sites is 1. The van der Waals surface area contributed by atoms with Gasteiger partial charge in [-0.05, 0) is 30.0 Å². The van der Waals surface area contributed by atoms with Crippen LogP contribution in [0.3, 0.4) is 0 Å². The monoisotopic (exact) mass is 288 g/mol. The van der Waals surface area contributed by atoms with Gasteiger partial charge >= 0.3 is 0 Å². The average molecular weight is 288 g/mol. The second kappa shape index (κ2) is 5.45. The van der Waals surface area contributed by atoms with Gasteiger partial charge in [0.2, 0.25) is 0 Å². The maximum absolute atomic E-state index is 14.4. The van der Waals surface area contributed by atoms with Gasteiger partial charge in [0.15, 0.2) is 11.6 Å². The topological polar surface area (TPSA) is 29.3 Å². The van der Waals surface area contributed by atoms with Crippen LogP contribution in [0, 0.1) is 17.6 Å². The fourth-order valence-electron chi connectivity index (χ4n) is 2.97. The summed E-state index contributed by atoms with van der Waals surface area (Å²) in [5, 5.41) is 0. The van der Waals surface area contributed by atoms with E-state index in [9.17, 15) is 8.78 Å². The molecule has 0 radical (unpaired) electrons. The zero-order valence-electron chi connectivity index (χ0n) is 11.9. The molecule has 0 spiro atoms. The van der Waals surface area contributed by atoms with Crippen LogP contribution in [0.1, 0.15) is 18.1 Å². The fraction of sp³-hybridized carbons (Fsp3) is 0.294. The van der Waals surface area contributed by atoms with Crippen LogP contribution in [0.25, 0.3) is 0 Å². The lowest BCUT2D eigenvalue weighted by Crippen LogP contribution is -2.31. The van der Waals surface area contributed by atoms with Crippen LogP contribution in [0.2, 0.25) is 0 Å². The summed E-state index contributed by atoms with van der Waals surface area (Å²) in [4.78, 5) is 1.86. The Morgan fingerprint density at radius 3 is 2.62 bits per heavy atom. The van der Waals surface area contributed by atoms with E-state index in [0.29, 0.717) is 12.5 Å². The summed E-state index contributed by atoms with van der Waals surface area (Å²) in [6, 6.07) is 11.1. The SMILES string of the molecule is CC1Cc2ccccc2N(c2ccc(CN)c(F)c2F)C1. The number of rotatable bonds is 2. The summed E-state index contributed by atoms with van der Waals surface area (Å²) >= 11 is 0. The van der Waals surface area contributed by atoms with E-state index in [4.69, 9.17) is 5.73 Å². The highest BCUT2D eigenvalue weighted by Crippen LogP contribution is 2.37. The first-order valence-corrected chi connectivity index (χ1v) is 7.14. The Hall–Kier alpha value is -1.94. The van der Waals surface area contributed by atoms with Crippen molar-refractivity contribution < 1.29 is 8.78 Å². The number of fused-ring (bicyclic) bond motifs is 1. The highest BCUT2D eigenvalue weighted by molar-refractivity contribution is 5.68. The molecule has 2 aromatic rings. The van der Waals surface area contributed by atoms with Gasteiger partial charge in [0.25, 0.3) is 0 Å². The molecule has 2 aromatic carbocycles. The largest absolute Gasteiger partial charge is 0.339 e. The van der Waals surface area contributed by atoms with Crippen molar-refractivity contribution in [3.8, 4) is 0 Å². The highest BCUT2D eigenvalue weighted by atomic mass is 19.2. The molecule has 1 atom stereocenters. The number of anilines is 2. The second-order valence-electron chi connectivity index (χ2n) is 5.62. The lowest BCUT2D eigenvalue weighted by molar-refractivity contribution is 0.493. The fourth-order valence-corrected chi connectivity index (χ4v) is 2.97. The average Bonchev–Trinajstić information content (AvgIpc) is 2.49. The third kappa shape index (κ3) is 2.40. The Morgan fingerprint density at radius 1 is 1.10 bits per heavy atom. The Balaban J connectivity index is 2.11. The van der Waals surface area contributed by atoms with E-state index in [0.717, 1.165) is 12.1 Å². The molecule has 2 N–H and O–H groups in total. The zero-order chi connectivity index (χ0) is 15.0. The Bertz CT molecular complexity index is 670. The second-order valence-corrected chi connectivity index (χ2v) is 5.62. The molecule has 4 heteroatoms. The molecule has 0 amide bonds. The van der Waals surface area contributed by atoms with Crippen LogP contribution in [0.5, 0.6) is 0 Å². The minimum Gasteiger partial charge on any atom is -0.339 e. The Morgan fingerprint density at radius 2 is 1.86 bits per heavy atom. The van der Waals surface area contributed by atoms with E-state index in [-0.39, 0.29) is 17.8 Å². The Kier molecular flexibility index (Phi) is 3.64. The van der Waals surface area contributed by atoms with Gasteiger partial charge < -0.3 is 10.6 Å². The summed E-state index contributed by atoms with van der Waals surface area (Å²) in [6.07, 6.45) is 0.956. The van der Waals surface area contributed by atoms with Crippen molar-refractivity contribution in [1.29, 1.82) is 0 Å². The molecule has 1 aliphatic rings. The molecule has 21 heavy (non-hydrogen) atoms. The molecular formula is C17H18F2N2. The molecule has 1 aliphatic heterocycles. The first-order chi connectivity index (χ1) is 10.1. The van der Waals surface area contributed by atoms with Crippen LogP contribution in [0.4, 0.5) is 20.2 Å². The summed E-state index contributed by atoms with van der Waals surface area (Å²) in [6.45, 7) is 2.79. The van der Waals surface area contributed by atoms with Crippen molar-refractivity contribution in [2.24, 2.45) is 11.7 Å². The molecule has 2 nitrogen and oxygen atoms in total. The van der Waals surface area contributed by atoms with E-state index >= 15 is 0 Å². The standard InChI is InChI=1S/C17H18F2N2/c1-11-8-12-4-2-3-5-14(12)21(10-11)15-7-6-13(9-20)16(18)17(15)19/h2-7,11H,8-10,20H2,1H3. The first kappa shape index (κ1) is 14.0. The summed E-state index contributed by atoms with van der Waals surface area (Å²) in [5.41, 5.74) is 8.03. The van der Waals surface area contributed by atoms with Crippen LogP contribution in [-0.4, -0.2) is 6.54 Å². The van der Waals surface area contributed by atoms with Crippen LogP contribution < -0.4 is 10.6 Å². The molecule has 1 heterocycles. The molecule has 3 rings (SSSR count). The van der Waals surface area contributed by atoms with Crippen molar-refractivity contribution in [2.75, 3.05) is 11.4 Å². The number of hydrogen-bond donors (Lipinski definition) is 1. The van der Waals surface area contributed by atoms with Gasteiger partial charge in [-0.1, -0.05) is 31.2 Å². The van der Waals surface area contributed by atoms with Crippen LogP contribution in [-0.2, 0) is 13.0 Å². The Labute approximate surface area is 123 Å². The van der Waals surface area contributed by atoms with E-state index in [1.807, 2.05) is 29.2 Å². The lowest BCUT2D eigenvalue weighted by atomic mass is 9.93. The normalized spacial score (nSPS) is 17.7. The minimum atomic E-state index is -0.842. The van der Waals surface area contributed by atoms with E-state index in [1.54, 1.807) is 12.1 Å². The summed E-state index contributed by atoms with van der Waals surface area (Å²) in [7, 11) is 0. The van der Waals surface area contributed by atoms with Gasteiger partial charge in [-0.3, -0.25) is 0 Å². The third-order valence-electron chi connectivity index (χ3n) is 4.00. The maximum atomic E-state index is 14.4. The van der Waals surface area contributed by atoms with Crippen molar-refractivity contribution >= 4 is 11.4 Å². The molecule has 0 saturated heterocycles. The van der Waals surface area contributed by atoms with Crippen molar-refractivity contribution in [3.63, 3.8) is 0 Å². The molecule has 0 aromatic heterocycles. The lowest BCUT2D eigenvalue weighted by Gasteiger charge is -2.35. The van der Waals surface area contributed by atoms with Gasteiger partial charge in [-0.25, -0.2) is 8.78 Å². The molecule has 1 unspecified atom stereocenters. The number of benzene rings is 2. The van der Waals surface area contributed by atoms with Crippen LogP contribution >= 0.6 is 0 Å². The molecule has 0 aliphatic carbocycles. The van der Waals surface area contributed by atoms with Crippen molar-refractivity contribution in [3.05, 3.63) is 59.2 Å². The smallest absolute Gasteiger partial charge is 0.182 e. The first-order valence-electron chi connectivity index (χ1n) is 7.14. The number of hydrogen-bond acceptors (Lipinski definition) is 2. The van der Waals surface area contributed by atoms with Gasteiger partial charge in [0, 0.05) is 24.3 Å². The number of nitrogens with two attached hydrogens (primary N) is 1. The molecule has 110 valence electrons. The van der Waals surface area contributed by atoms with E-state index < -0.39 is 11.6 Å². The quantitative estimate of drug-likeness (QED) is 0.912. The minimum absolute atomic E-state index is 0.00395. The van der Waals surface area contributed by atoms with Crippen LogP contribution in [0.15, 0.2) is 36.4 Å². The van der Waals surface area contributed by atoms with Gasteiger partial charge in [-0.2, -0.15) is 0 Å². The number of halogens is 2. The highest BCUT2D eigenvalue weighted by Gasteiger charge is 2.26. The van der Waals surface area contributed by atoms with E-state index in [1.165, 1.54) is 5.56 Å². The zero-order valence-corrected chi connectivity index (χ0v) is 11.9. The molecule has 0 bridgehead atoms. The molecule has 0 saturated carbocycles. The van der Waals surface area contributed by atoms with Crippen molar-refractivity contribution in [1.82, 2.24) is 0 Å². The van der Waals surface area contributed by atoms with Gasteiger partial charge in [-0.15, -0.1) is 0 Å². The predicted molar refractivity (Wildman–Crippen MR) is 80.6 cm³/mol. The predicted octanol–water partition coefficient (Wildman–Crippen LogP) is 3.75. The van der Waals surface area contributed by atoms with Gasteiger partial charge in [0.05, 0.1) is 5.69 Å². The molecular weight excluding hydrogens is 270 g/mol. The summed E-state index contributed by atoms with van der Waals surface area (Å²) < 4.78 is 28.4. The molecule has 0 fully saturated rings. The number of nitrogens with zero attached hydrogens (tertiary/aromatic N) is 1. The van der Waals surface area contributed by atoms with Gasteiger partial charge in [0.1, 0.15) is 0 Å². The maximum Gasteiger partial charge on any atom is 0.182 e.